The fourth-order valence-electron chi connectivity index (χ4n) is 1.17. The van der Waals surface area contributed by atoms with Crippen LogP contribution < -0.4 is 0 Å². The molecule has 1 rings (SSSR count). The Balaban J connectivity index is 3.10. The maximum absolute atomic E-state index is 10.8. The first kappa shape index (κ1) is 11.5. The van der Waals surface area contributed by atoms with Crippen LogP contribution in [0.3, 0.4) is 0 Å². The van der Waals surface area contributed by atoms with E-state index in [1.54, 1.807) is 18.4 Å². The minimum atomic E-state index is -1.07. The zero-order chi connectivity index (χ0) is 11.4. The third-order valence-corrected chi connectivity index (χ3v) is 2.60. The van der Waals surface area contributed by atoms with Crippen molar-refractivity contribution >= 4 is 17.7 Å². The summed E-state index contributed by atoms with van der Waals surface area (Å²) >= 11 is 1.30. The van der Waals surface area contributed by atoms with Gasteiger partial charge in [-0.05, 0) is 18.4 Å². The standard InChI is InChI=1S/C9H9NO4S/c1-15-8-3-2-6(5-10(13)14)4-7(8)9(11)12/h2-4H,5H2,1H3,(H,11,12). The summed E-state index contributed by atoms with van der Waals surface area (Å²) in [5, 5.41) is 19.1. The molecule has 0 bridgehead atoms. The van der Waals surface area contributed by atoms with Crippen LogP contribution in [0.25, 0.3) is 0 Å². The van der Waals surface area contributed by atoms with Gasteiger partial charge in [0.05, 0.1) is 5.56 Å². The summed E-state index contributed by atoms with van der Waals surface area (Å²) in [6.45, 7) is -0.352. The van der Waals surface area contributed by atoms with Gasteiger partial charge in [-0.3, -0.25) is 10.1 Å². The minimum absolute atomic E-state index is 0.113. The Bertz CT molecular complexity index is 405. The van der Waals surface area contributed by atoms with E-state index in [1.807, 2.05) is 0 Å². The van der Waals surface area contributed by atoms with Gasteiger partial charge in [0, 0.05) is 15.4 Å². The van der Waals surface area contributed by atoms with Crippen molar-refractivity contribution in [2.24, 2.45) is 0 Å². The van der Waals surface area contributed by atoms with Gasteiger partial charge >= 0.3 is 5.97 Å². The van der Waals surface area contributed by atoms with E-state index in [1.165, 1.54) is 17.8 Å². The second kappa shape index (κ2) is 4.79. The van der Waals surface area contributed by atoms with Crippen LogP contribution in [0.4, 0.5) is 0 Å². The molecule has 0 amide bonds. The Hall–Kier alpha value is -1.56. The molecule has 5 nitrogen and oxygen atoms in total. The average Bonchev–Trinajstić information content (AvgIpc) is 2.16. The van der Waals surface area contributed by atoms with E-state index in [0.717, 1.165) is 0 Å². The lowest BCUT2D eigenvalue weighted by Gasteiger charge is -2.03. The number of thioether (sulfide) groups is 1. The van der Waals surface area contributed by atoms with E-state index in [9.17, 15) is 14.9 Å². The SMILES string of the molecule is CSc1ccc(C[N+](=O)[O-])cc1C(=O)O. The number of hydrogen-bond acceptors (Lipinski definition) is 4. The Morgan fingerprint density at radius 2 is 2.27 bits per heavy atom. The van der Waals surface area contributed by atoms with Crippen molar-refractivity contribution < 1.29 is 14.8 Å². The van der Waals surface area contributed by atoms with Gasteiger partial charge in [-0.1, -0.05) is 6.07 Å². The Labute approximate surface area is 90.3 Å². The van der Waals surface area contributed by atoms with Crippen LogP contribution >= 0.6 is 11.8 Å². The minimum Gasteiger partial charge on any atom is -0.478 e. The largest absolute Gasteiger partial charge is 0.478 e. The third kappa shape index (κ3) is 2.95. The maximum atomic E-state index is 10.8. The fourth-order valence-corrected chi connectivity index (χ4v) is 1.74. The molecule has 0 saturated carbocycles. The van der Waals surface area contributed by atoms with Crippen LogP contribution in [-0.4, -0.2) is 22.3 Å². The monoisotopic (exact) mass is 227 g/mol. The second-order valence-electron chi connectivity index (χ2n) is 2.83. The smallest absolute Gasteiger partial charge is 0.336 e. The predicted octanol–water partition coefficient (Wildman–Crippen LogP) is 1.88. The van der Waals surface area contributed by atoms with E-state index in [4.69, 9.17) is 5.11 Å². The zero-order valence-corrected chi connectivity index (χ0v) is 8.78. The van der Waals surface area contributed by atoms with Gasteiger partial charge < -0.3 is 5.11 Å². The van der Waals surface area contributed by atoms with Gasteiger partial charge in [0.1, 0.15) is 0 Å². The van der Waals surface area contributed by atoms with Crippen LogP contribution in [0, 0.1) is 10.1 Å². The van der Waals surface area contributed by atoms with Crippen molar-refractivity contribution in [3.05, 3.63) is 39.4 Å². The first-order valence-corrected chi connectivity index (χ1v) is 5.29. The van der Waals surface area contributed by atoms with Gasteiger partial charge in [0.15, 0.2) is 0 Å². The maximum Gasteiger partial charge on any atom is 0.336 e. The van der Waals surface area contributed by atoms with Crippen molar-refractivity contribution in [2.75, 3.05) is 6.26 Å². The second-order valence-corrected chi connectivity index (χ2v) is 3.68. The Morgan fingerprint density at radius 3 is 2.73 bits per heavy atom. The van der Waals surface area contributed by atoms with E-state index in [-0.39, 0.29) is 12.1 Å². The number of benzene rings is 1. The molecular formula is C9H9NO4S. The highest BCUT2D eigenvalue weighted by Gasteiger charge is 2.12. The molecule has 0 fully saturated rings. The molecule has 1 N–H and O–H groups in total. The number of rotatable bonds is 4. The lowest BCUT2D eigenvalue weighted by Crippen LogP contribution is -2.03. The summed E-state index contributed by atoms with van der Waals surface area (Å²) in [5.41, 5.74) is 0.511. The third-order valence-electron chi connectivity index (χ3n) is 1.81. The van der Waals surface area contributed by atoms with E-state index in [2.05, 4.69) is 0 Å². The molecule has 0 radical (unpaired) electrons. The number of nitro groups is 1. The molecule has 0 atom stereocenters. The first-order valence-electron chi connectivity index (χ1n) is 4.06. The number of carboxylic acids is 1. The Kier molecular flexibility index (Phi) is 3.68. The van der Waals surface area contributed by atoms with E-state index in [0.29, 0.717) is 10.5 Å². The van der Waals surface area contributed by atoms with E-state index < -0.39 is 10.9 Å². The van der Waals surface area contributed by atoms with E-state index >= 15 is 0 Å². The molecule has 0 aliphatic carbocycles. The molecule has 6 heteroatoms. The lowest BCUT2D eigenvalue weighted by molar-refractivity contribution is -0.496. The van der Waals surface area contributed by atoms with Crippen molar-refractivity contribution in [3.63, 3.8) is 0 Å². The summed E-state index contributed by atoms with van der Waals surface area (Å²) < 4.78 is 0. The van der Waals surface area contributed by atoms with Gasteiger partial charge in [-0.25, -0.2) is 4.79 Å². The highest BCUT2D eigenvalue weighted by Crippen LogP contribution is 2.21. The van der Waals surface area contributed by atoms with Gasteiger partial charge in [0.25, 0.3) is 0 Å². The highest BCUT2D eigenvalue weighted by atomic mass is 32.2. The van der Waals surface area contributed by atoms with Crippen LogP contribution in [0.2, 0.25) is 0 Å². The van der Waals surface area contributed by atoms with Crippen LogP contribution in [0.1, 0.15) is 15.9 Å². The molecule has 0 spiro atoms. The normalized spacial score (nSPS) is 9.93. The summed E-state index contributed by atoms with van der Waals surface area (Å²) in [6.07, 6.45) is 1.76. The first-order chi connectivity index (χ1) is 7.04. The topological polar surface area (TPSA) is 80.4 Å². The molecule has 15 heavy (non-hydrogen) atoms. The summed E-state index contributed by atoms with van der Waals surface area (Å²) in [5.74, 6) is -1.07. The lowest BCUT2D eigenvalue weighted by atomic mass is 10.1. The van der Waals surface area contributed by atoms with Crippen molar-refractivity contribution in [1.29, 1.82) is 0 Å². The Morgan fingerprint density at radius 1 is 1.60 bits per heavy atom. The predicted molar refractivity (Wildman–Crippen MR) is 55.9 cm³/mol. The molecule has 0 unspecified atom stereocenters. The number of hydrogen-bond donors (Lipinski definition) is 1. The fraction of sp³-hybridized carbons (Fsp3) is 0.222. The van der Waals surface area contributed by atoms with Crippen molar-refractivity contribution in [3.8, 4) is 0 Å². The van der Waals surface area contributed by atoms with Gasteiger partial charge in [0.2, 0.25) is 6.54 Å². The molecule has 0 aromatic heterocycles. The molecule has 0 heterocycles. The molecule has 1 aromatic carbocycles. The number of carbonyl (C=O) groups is 1. The number of carboxylic acid groups (broad SMARTS) is 1. The highest BCUT2D eigenvalue weighted by molar-refractivity contribution is 7.98. The van der Waals surface area contributed by atoms with Crippen molar-refractivity contribution in [1.82, 2.24) is 0 Å². The number of aromatic carboxylic acids is 1. The summed E-state index contributed by atoms with van der Waals surface area (Å²) in [7, 11) is 0. The van der Waals surface area contributed by atoms with Crippen LogP contribution in [0.5, 0.6) is 0 Å². The summed E-state index contributed by atoms with van der Waals surface area (Å²) in [6, 6.07) is 4.50. The summed E-state index contributed by atoms with van der Waals surface area (Å²) in [4.78, 5) is 21.2. The molecule has 0 saturated heterocycles. The molecular weight excluding hydrogens is 218 g/mol. The van der Waals surface area contributed by atoms with Crippen LogP contribution in [0.15, 0.2) is 23.1 Å². The molecule has 0 aliphatic heterocycles. The zero-order valence-electron chi connectivity index (χ0n) is 7.97. The van der Waals surface area contributed by atoms with Gasteiger partial charge in [-0.15, -0.1) is 11.8 Å². The van der Waals surface area contributed by atoms with Crippen LogP contribution in [-0.2, 0) is 6.54 Å². The molecule has 0 aliphatic rings. The molecule has 80 valence electrons. The number of nitrogens with zero attached hydrogens (tertiary/aromatic N) is 1. The van der Waals surface area contributed by atoms with Crippen molar-refractivity contribution in [2.45, 2.75) is 11.4 Å². The molecule has 1 aromatic rings. The average molecular weight is 227 g/mol. The quantitative estimate of drug-likeness (QED) is 0.482. The van der Waals surface area contributed by atoms with Gasteiger partial charge in [-0.2, -0.15) is 0 Å².